The van der Waals surface area contributed by atoms with Gasteiger partial charge in [-0.2, -0.15) is 5.26 Å². The molecule has 0 aromatic rings. The van der Waals surface area contributed by atoms with Crippen molar-refractivity contribution in [2.75, 3.05) is 19.6 Å². The summed E-state index contributed by atoms with van der Waals surface area (Å²) in [7, 11) is 0. The number of hydrogen-bond acceptors (Lipinski definition) is 3. The van der Waals surface area contributed by atoms with Gasteiger partial charge in [0.15, 0.2) is 0 Å². The Labute approximate surface area is 103 Å². The van der Waals surface area contributed by atoms with E-state index in [1.54, 1.807) is 0 Å². The molecule has 0 spiro atoms. The van der Waals surface area contributed by atoms with Gasteiger partial charge in [0.2, 0.25) is 0 Å². The van der Waals surface area contributed by atoms with Gasteiger partial charge in [-0.1, -0.05) is 0 Å². The molecule has 4 heteroatoms. The smallest absolute Gasteiger partial charge is 0.317 e. The van der Waals surface area contributed by atoms with Gasteiger partial charge in [0, 0.05) is 6.54 Å². The van der Waals surface area contributed by atoms with E-state index in [-0.39, 0.29) is 12.0 Å². The Morgan fingerprint density at radius 3 is 2.65 bits per heavy atom. The number of carbonyl (C=O) groups is 1. The topological polar surface area (TPSA) is 64.3 Å². The highest BCUT2D eigenvalue weighted by atomic mass is 16.4. The van der Waals surface area contributed by atoms with Crippen molar-refractivity contribution >= 4 is 5.97 Å². The minimum absolute atomic E-state index is 0.128. The first kappa shape index (κ1) is 14.0. The Kier molecular flexibility index (Phi) is 4.95. The molecule has 0 bridgehead atoms. The summed E-state index contributed by atoms with van der Waals surface area (Å²) >= 11 is 0. The lowest BCUT2D eigenvalue weighted by molar-refractivity contribution is -0.138. The van der Waals surface area contributed by atoms with Gasteiger partial charge < -0.3 is 5.11 Å². The van der Waals surface area contributed by atoms with Crippen molar-refractivity contribution in [2.24, 2.45) is 11.3 Å². The van der Waals surface area contributed by atoms with Gasteiger partial charge in [0.25, 0.3) is 0 Å². The van der Waals surface area contributed by atoms with Crippen LogP contribution in [-0.4, -0.2) is 35.6 Å². The quantitative estimate of drug-likeness (QED) is 0.703. The Morgan fingerprint density at radius 2 is 2.18 bits per heavy atom. The van der Waals surface area contributed by atoms with Crippen LogP contribution in [0.1, 0.15) is 39.5 Å². The molecule has 0 heterocycles. The van der Waals surface area contributed by atoms with Gasteiger partial charge in [-0.05, 0) is 52.0 Å². The lowest BCUT2D eigenvalue weighted by Crippen LogP contribution is -2.33. The van der Waals surface area contributed by atoms with E-state index in [1.807, 2.05) is 18.7 Å². The molecule has 0 aromatic carbocycles. The fourth-order valence-electron chi connectivity index (χ4n) is 1.89. The van der Waals surface area contributed by atoms with Crippen molar-refractivity contribution < 1.29 is 9.90 Å². The van der Waals surface area contributed by atoms with Crippen molar-refractivity contribution in [2.45, 2.75) is 39.5 Å². The number of carboxylic acids is 1. The largest absolute Gasteiger partial charge is 0.480 e. The second kappa shape index (κ2) is 6.02. The predicted molar refractivity (Wildman–Crippen MR) is 65.4 cm³/mol. The molecule has 0 aromatic heterocycles. The van der Waals surface area contributed by atoms with Crippen molar-refractivity contribution in [1.29, 1.82) is 5.26 Å². The predicted octanol–water partition coefficient (Wildman–Crippen LogP) is 2.11. The molecule has 0 amide bonds. The van der Waals surface area contributed by atoms with Crippen LogP contribution in [0.25, 0.3) is 0 Å². The molecule has 1 aliphatic rings. The fraction of sp³-hybridized carbons (Fsp3) is 0.846. The van der Waals surface area contributed by atoms with Gasteiger partial charge in [-0.15, -0.1) is 0 Å². The first-order valence-electron chi connectivity index (χ1n) is 6.28. The summed E-state index contributed by atoms with van der Waals surface area (Å²) in [5.41, 5.74) is -0.297. The zero-order chi connectivity index (χ0) is 12.9. The van der Waals surface area contributed by atoms with Crippen LogP contribution in [0.5, 0.6) is 0 Å². The third-order valence-electron chi connectivity index (χ3n) is 3.15. The Balaban J connectivity index is 2.27. The number of carboxylic acid groups (broad SMARTS) is 1. The van der Waals surface area contributed by atoms with E-state index in [4.69, 9.17) is 10.4 Å². The van der Waals surface area contributed by atoms with E-state index in [2.05, 4.69) is 6.07 Å². The Morgan fingerprint density at radius 1 is 1.53 bits per heavy atom. The van der Waals surface area contributed by atoms with Crippen LogP contribution < -0.4 is 0 Å². The lowest BCUT2D eigenvalue weighted by atomic mass is 9.90. The molecule has 0 unspecified atom stereocenters. The molecular weight excluding hydrogens is 216 g/mol. The third-order valence-corrected chi connectivity index (χ3v) is 3.15. The van der Waals surface area contributed by atoms with Crippen LogP contribution in [0.4, 0.5) is 0 Å². The summed E-state index contributed by atoms with van der Waals surface area (Å²) in [5.74, 6) is -0.0523. The zero-order valence-electron chi connectivity index (χ0n) is 10.8. The minimum atomic E-state index is -0.759. The molecule has 0 aliphatic heterocycles. The number of aliphatic carboxylic acids is 1. The van der Waals surface area contributed by atoms with Crippen LogP contribution in [0.3, 0.4) is 0 Å². The van der Waals surface area contributed by atoms with Crippen molar-refractivity contribution in [3.8, 4) is 6.07 Å². The van der Waals surface area contributed by atoms with Crippen LogP contribution in [0, 0.1) is 22.7 Å². The molecule has 1 aliphatic carbocycles. The van der Waals surface area contributed by atoms with Crippen LogP contribution >= 0.6 is 0 Å². The van der Waals surface area contributed by atoms with Gasteiger partial charge in [0.05, 0.1) is 18.0 Å². The molecular formula is C13H22N2O2. The van der Waals surface area contributed by atoms with E-state index < -0.39 is 5.97 Å². The maximum absolute atomic E-state index is 10.7. The number of nitriles is 1. The monoisotopic (exact) mass is 238 g/mol. The van der Waals surface area contributed by atoms with E-state index in [9.17, 15) is 4.79 Å². The second-order valence-electron chi connectivity index (χ2n) is 5.67. The molecule has 1 rings (SSSR count). The maximum atomic E-state index is 10.7. The van der Waals surface area contributed by atoms with Crippen molar-refractivity contribution in [3.63, 3.8) is 0 Å². The summed E-state index contributed by atoms with van der Waals surface area (Å²) in [6.45, 7) is 5.67. The molecule has 1 fully saturated rings. The maximum Gasteiger partial charge on any atom is 0.317 e. The fourth-order valence-corrected chi connectivity index (χ4v) is 1.89. The van der Waals surface area contributed by atoms with Gasteiger partial charge in [-0.3, -0.25) is 9.69 Å². The highest BCUT2D eigenvalue weighted by Gasteiger charge is 2.25. The average Bonchev–Trinajstić information content (AvgIpc) is 3.00. The minimum Gasteiger partial charge on any atom is -0.480 e. The highest BCUT2D eigenvalue weighted by Crippen LogP contribution is 2.30. The van der Waals surface area contributed by atoms with E-state index in [0.29, 0.717) is 5.92 Å². The molecule has 0 saturated heterocycles. The van der Waals surface area contributed by atoms with Gasteiger partial charge >= 0.3 is 5.97 Å². The standard InChI is InChI=1S/C13H22N2O2/c1-13(2,10-14)6-3-7-15(9-12(16)17)8-11-4-5-11/h11H,3-9H2,1-2H3,(H,16,17). The number of rotatable bonds is 8. The normalized spacial score (nSPS) is 15.9. The lowest BCUT2D eigenvalue weighted by Gasteiger charge is -2.22. The Hall–Kier alpha value is -1.08. The van der Waals surface area contributed by atoms with E-state index >= 15 is 0 Å². The summed E-state index contributed by atoms with van der Waals surface area (Å²) in [5, 5.41) is 17.7. The molecule has 0 radical (unpaired) electrons. The van der Waals surface area contributed by atoms with E-state index in [0.717, 1.165) is 25.9 Å². The van der Waals surface area contributed by atoms with Gasteiger partial charge in [0.1, 0.15) is 0 Å². The number of nitrogens with zero attached hydrogens (tertiary/aromatic N) is 2. The van der Waals surface area contributed by atoms with Crippen molar-refractivity contribution in [3.05, 3.63) is 0 Å². The third kappa shape index (κ3) is 6.28. The summed E-state index contributed by atoms with van der Waals surface area (Å²) < 4.78 is 0. The van der Waals surface area contributed by atoms with Crippen molar-refractivity contribution in [1.82, 2.24) is 4.90 Å². The summed E-state index contributed by atoms with van der Waals surface area (Å²) in [4.78, 5) is 12.7. The molecule has 1 N–H and O–H groups in total. The van der Waals surface area contributed by atoms with Gasteiger partial charge in [-0.25, -0.2) is 0 Å². The number of hydrogen-bond donors (Lipinski definition) is 1. The summed E-state index contributed by atoms with van der Waals surface area (Å²) in [6.07, 6.45) is 4.18. The first-order chi connectivity index (χ1) is 7.93. The average molecular weight is 238 g/mol. The molecule has 0 atom stereocenters. The summed E-state index contributed by atoms with van der Waals surface area (Å²) in [6, 6.07) is 2.27. The van der Waals surface area contributed by atoms with Crippen LogP contribution in [0.15, 0.2) is 0 Å². The molecule has 4 nitrogen and oxygen atoms in total. The van der Waals surface area contributed by atoms with E-state index in [1.165, 1.54) is 12.8 Å². The first-order valence-corrected chi connectivity index (χ1v) is 6.28. The SMILES string of the molecule is CC(C)(C#N)CCCN(CC(=O)O)CC1CC1. The zero-order valence-corrected chi connectivity index (χ0v) is 10.8. The van der Waals surface area contributed by atoms with Crippen LogP contribution in [-0.2, 0) is 4.79 Å². The molecule has 1 saturated carbocycles. The van der Waals surface area contributed by atoms with Crippen LogP contribution in [0.2, 0.25) is 0 Å². The highest BCUT2D eigenvalue weighted by molar-refractivity contribution is 5.69. The second-order valence-corrected chi connectivity index (χ2v) is 5.67. The molecule has 17 heavy (non-hydrogen) atoms. The molecule has 96 valence electrons. The Bertz CT molecular complexity index is 303.